The highest BCUT2D eigenvalue weighted by atomic mass is 16.5. The van der Waals surface area contributed by atoms with Crippen LogP contribution in [0.2, 0.25) is 0 Å². The summed E-state index contributed by atoms with van der Waals surface area (Å²) in [5.41, 5.74) is -0.380. The number of methoxy groups -OCH3 is 1. The Kier molecular flexibility index (Phi) is 1.81. The maximum Gasteiger partial charge on any atom is 0.315 e. The minimum Gasteiger partial charge on any atom is -0.468 e. The van der Waals surface area contributed by atoms with Crippen molar-refractivity contribution < 1.29 is 14.3 Å². The Balaban J connectivity index is 2.21. The molecule has 4 nitrogen and oxygen atoms in total. The molecule has 1 N–H and O–H groups in total. The maximum absolute atomic E-state index is 11.5. The molecule has 0 spiro atoms. The molecule has 0 bridgehead atoms. The van der Waals surface area contributed by atoms with E-state index in [0.29, 0.717) is 13.2 Å². The van der Waals surface area contributed by atoms with Gasteiger partial charge in [-0.25, -0.2) is 0 Å². The molecule has 2 aliphatic heterocycles. The smallest absolute Gasteiger partial charge is 0.315 e. The molecule has 0 aromatic rings. The molecule has 0 aliphatic carbocycles. The van der Waals surface area contributed by atoms with Crippen molar-refractivity contribution in [1.29, 1.82) is 0 Å². The predicted octanol–water partition coefficient (Wildman–Crippen LogP) is -0.462. The number of hydrogen-bond acceptors (Lipinski definition) is 4. The first kappa shape index (κ1) is 8.01. The number of rotatable bonds is 1. The van der Waals surface area contributed by atoms with Gasteiger partial charge in [0.25, 0.3) is 0 Å². The van der Waals surface area contributed by atoms with Gasteiger partial charge in [0.05, 0.1) is 13.2 Å². The highest BCUT2D eigenvalue weighted by molar-refractivity contribution is 5.78. The lowest BCUT2D eigenvalue weighted by atomic mass is 9.84. The molecule has 0 radical (unpaired) electrons. The Morgan fingerprint density at radius 1 is 1.75 bits per heavy atom. The van der Waals surface area contributed by atoms with Crippen molar-refractivity contribution in [1.82, 2.24) is 5.32 Å². The summed E-state index contributed by atoms with van der Waals surface area (Å²) in [6.07, 6.45) is 0.821. The first-order valence-electron chi connectivity index (χ1n) is 4.20. The molecule has 4 heteroatoms. The van der Waals surface area contributed by atoms with Crippen molar-refractivity contribution in [2.45, 2.75) is 12.5 Å². The summed E-state index contributed by atoms with van der Waals surface area (Å²) in [5, 5.41) is 3.15. The summed E-state index contributed by atoms with van der Waals surface area (Å²) < 4.78 is 10.2. The molecular weight excluding hydrogens is 158 g/mol. The lowest BCUT2D eigenvalue weighted by Gasteiger charge is -2.22. The second-order valence-electron chi connectivity index (χ2n) is 3.39. The Morgan fingerprint density at radius 3 is 3.33 bits per heavy atom. The van der Waals surface area contributed by atoms with Crippen LogP contribution in [0.25, 0.3) is 0 Å². The molecule has 2 aliphatic rings. The monoisotopic (exact) mass is 171 g/mol. The van der Waals surface area contributed by atoms with Gasteiger partial charge in [-0.3, -0.25) is 4.79 Å². The van der Waals surface area contributed by atoms with Crippen molar-refractivity contribution in [2.24, 2.45) is 5.41 Å². The zero-order chi connectivity index (χ0) is 8.60. The summed E-state index contributed by atoms with van der Waals surface area (Å²) in [4.78, 5) is 11.5. The van der Waals surface area contributed by atoms with Crippen LogP contribution in [-0.2, 0) is 14.3 Å². The lowest BCUT2D eigenvalue weighted by molar-refractivity contribution is -0.153. The Bertz CT molecular complexity index is 194. The van der Waals surface area contributed by atoms with Crippen molar-refractivity contribution in [2.75, 3.05) is 26.8 Å². The quantitative estimate of drug-likeness (QED) is 0.542. The SMILES string of the molecule is COC(=O)[C@@]12CCO[C@@H]1CNC2. The fourth-order valence-electron chi connectivity index (χ4n) is 2.10. The van der Waals surface area contributed by atoms with Crippen molar-refractivity contribution >= 4 is 5.97 Å². The number of carbonyl (C=O) groups is 1. The van der Waals surface area contributed by atoms with Crippen LogP contribution in [0.1, 0.15) is 6.42 Å². The molecule has 2 saturated heterocycles. The molecule has 68 valence electrons. The van der Waals surface area contributed by atoms with Gasteiger partial charge in [-0.05, 0) is 6.42 Å². The summed E-state index contributed by atoms with van der Waals surface area (Å²) in [7, 11) is 1.44. The van der Waals surface area contributed by atoms with Crippen LogP contribution in [0.3, 0.4) is 0 Å². The van der Waals surface area contributed by atoms with Gasteiger partial charge < -0.3 is 14.8 Å². The third-order valence-corrected chi connectivity index (χ3v) is 2.85. The van der Waals surface area contributed by atoms with Gasteiger partial charge in [-0.2, -0.15) is 0 Å². The molecule has 0 aromatic carbocycles. The van der Waals surface area contributed by atoms with E-state index in [1.807, 2.05) is 0 Å². The molecule has 0 amide bonds. The Hall–Kier alpha value is -0.610. The first-order chi connectivity index (χ1) is 5.79. The number of nitrogens with one attached hydrogen (secondary N) is 1. The van der Waals surface area contributed by atoms with E-state index < -0.39 is 0 Å². The average molecular weight is 171 g/mol. The topological polar surface area (TPSA) is 47.6 Å². The summed E-state index contributed by atoms with van der Waals surface area (Å²) in [6.45, 7) is 2.15. The summed E-state index contributed by atoms with van der Waals surface area (Å²) >= 11 is 0. The van der Waals surface area contributed by atoms with Gasteiger partial charge in [-0.15, -0.1) is 0 Å². The largest absolute Gasteiger partial charge is 0.468 e. The number of ether oxygens (including phenoxy) is 2. The van der Waals surface area contributed by atoms with E-state index in [9.17, 15) is 4.79 Å². The van der Waals surface area contributed by atoms with Crippen molar-refractivity contribution in [3.63, 3.8) is 0 Å². The van der Waals surface area contributed by atoms with Gasteiger partial charge in [-0.1, -0.05) is 0 Å². The molecule has 12 heavy (non-hydrogen) atoms. The third kappa shape index (κ3) is 0.881. The Labute approximate surface area is 71.2 Å². The fraction of sp³-hybridized carbons (Fsp3) is 0.875. The predicted molar refractivity (Wildman–Crippen MR) is 41.7 cm³/mol. The number of esters is 1. The third-order valence-electron chi connectivity index (χ3n) is 2.85. The van der Waals surface area contributed by atoms with Gasteiger partial charge in [0, 0.05) is 19.7 Å². The Morgan fingerprint density at radius 2 is 2.58 bits per heavy atom. The van der Waals surface area contributed by atoms with E-state index in [4.69, 9.17) is 9.47 Å². The molecule has 0 aromatic heterocycles. The van der Waals surface area contributed by atoms with Crippen LogP contribution in [0.15, 0.2) is 0 Å². The van der Waals surface area contributed by atoms with E-state index in [0.717, 1.165) is 13.0 Å². The standard InChI is InChI=1S/C8H13NO3/c1-11-7(10)8-2-3-12-6(8)4-9-5-8/h6,9H,2-5H2,1H3/t6-,8-/m1/s1. The average Bonchev–Trinajstić information content (AvgIpc) is 2.60. The van der Waals surface area contributed by atoms with E-state index in [1.165, 1.54) is 7.11 Å². The molecule has 2 fully saturated rings. The molecule has 2 heterocycles. The molecule has 0 saturated carbocycles. The minimum absolute atomic E-state index is 0.0324. The first-order valence-corrected chi connectivity index (χ1v) is 4.20. The zero-order valence-corrected chi connectivity index (χ0v) is 7.13. The summed E-state index contributed by atoms with van der Waals surface area (Å²) in [6, 6.07) is 0. The van der Waals surface area contributed by atoms with Crippen LogP contribution in [0, 0.1) is 5.41 Å². The molecule has 2 rings (SSSR count). The van der Waals surface area contributed by atoms with Crippen LogP contribution in [0.4, 0.5) is 0 Å². The second-order valence-corrected chi connectivity index (χ2v) is 3.39. The highest BCUT2D eigenvalue weighted by Crippen LogP contribution is 2.38. The van der Waals surface area contributed by atoms with E-state index in [-0.39, 0.29) is 17.5 Å². The van der Waals surface area contributed by atoms with Gasteiger partial charge in [0.1, 0.15) is 5.41 Å². The minimum atomic E-state index is -0.380. The second kappa shape index (κ2) is 2.71. The number of hydrogen-bond donors (Lipinski definition) is 1. The molecular formula is C8H13NO3. The van der Waals surface area contributed by atoms with Crippen molar-refractivity contribution in [3.8, 4) is 0 Å². The molecule has 0 unspecified atom stereocenters. The maximum atomic E-state index is 11.5. The van der Waals surface area contributed by atoms with Crippen molar-refractivity contribution in [3.05, 3.63) is 0 Å². The van der Waals surface area contributed by atoms with Gasteiger partial charge >= 0.3 is 5.97 Å². The van der Waals surface area contributed by atoms with E-state index in [1.54, 1.807) is 0 Å². The molecule has 2 atom stereocenters. The normalized spacial score (nSPS) is 39.6. The van der Waals surface area contributed by atoms with Gasteiger partial charge in [0.15, 0.2) is 0 Å². The van der Waals surface area contributed by atoms with E-state index in [2.05, 4.69) is 5.32 Å². The highest BCUT2D eigenvalue weighted by Gasteiger charge is 2.54. The summed E-state index contributed by atoms with van der Waals surface area (Å²) in [5.74, 6) is -0.130. The number of carbonyl (C=O) groups excluding carboxylic acids is 1. The number of fused-ring (bicyclic) bond motifs is 1. The van der Waals surface area contributed by atoms with Crippen LogP contribution in [0.5, 0.6) is 0 Å². The zero-order valence-electron chi connectivity index (χ0n) is 7.13. The van der Waals surface area contributed by atoms with Crippen LogP contribution >= 0.6 is 0 Å². The van der Waals surface area contributed by atoms with E-state index >= 15 is 0 Å². The fourth-order valence-corrected chi connectivity index (χ4v) is 2.10. The van der Waals surface area contributed by atoms with Crippen LogP contribution < -0.4 is 5.32 Å². The lowest BCUT2D eigenvalue weighted by Crippen LogP contribution is -2.39. The van der Waals surface area contributed by atoms with Gasteiger partial charge in [0.2, 0.25) is 0 Å². The van der Waals surface area contributed by atoms with Crippen LogP contribution in [-0.4, -0.2) is 38.9 Å².